The Balaban J connectivity index is 1.64. The van der Waals surface area contributed by atoms with Gasteiger partial charge >= 0.3 is 0 Å². The Morgan fingerprint density at radius 1 is 1.57 bits per heavy atom. The first-order valence-corrected chi connectivity index (χ1v) is 8.14. The zero-order valence-corrected chi connectivity index (χ0v) is 12.8. The summed E-state index contributed by atoms with van der Waals surface area (Å²) >= 11 is 1.62. The van der Waals surface area contributed by atoms with Crippen molar-refractivity contribution < 1.29 is 13.6 Å². The molecule has 1 aromatic heterocycles. The van der Waals surface area contributed by atoms with E-state index >= 15 is 0 Å². The molecule has 1 amide bonds. The molecule has 0 bridgehead atoms. The maximum atomic E-state index is 13.2. The van der Waals surface area contributed by atoms with Crippen LogP contribution in [-0.4, -0.2) is 47.4 Å². The first kappa shape index (κ1) is 14.8. The summed E-state index contributed by atoms with van der Waals surface area (Å²) in [6.45, 7) is 2.81. The molecule has 0 aromatic carbocycles. The molecular weight excluding hydrogens is 296 g/mol. The van der Waals surface area contributed by atoms with E-state index in [-0.39, 0.29) is 18.2 Å². The van der Waals surface area contributed by atoms with Crippen molar-refractivity contribution >= 4 is 17.2 Å². The molecule has 3 heterocycles. The second-order valence-corrected chi connectivity index (χ2v) is 6.83. The molecular formula is C14H19F2N3OS. The van der Waals surface area contributed by atoms with Gasteiger partial charge in [-0.05, 0) is 19.8 Å². The molecule has 3 rings (SSSR count). The second-order valence-electron chi connectivity index (χ2n) is 5.94. The first-order chi connectivity index (χ1) is 9.94. The Morgan fingerprint density at radius 2 is 2.38 bits per heavy atom. The average molecular weight is 315 g/mol. The number of piperidine rings is 1. The van der Waals surface area contributed by atoms with Gasteiger partial charge in [-0.25, -0.2) is 13.8 Å². The quantitative estimate of drug-likeness (QED) is 0.909. The van der Waals surface area contributed by atoms with Gasteiger partial charge in [0.2, 0.25) is 5.91 Å². The van der Waals surface area contributed by atoms with Gasteiger partial charge in [0.1, 0.15) is 0 Å². The summed E-state index contributed by atoms with van der Waals surface area (Å²) < 4.78 is 26.4. The third-order valence-corrected chi connectivity index (χ3v) is 5.25. The molecule has 2 saturated heterocycles. The minimum absolute atomic E-state index is 0.190. The van der Waals surface area contributed by atoms with Crippen LogP contribution in [-0.2, 0) is 4.79 Å². The Hall–Kier alpha value is -1.08. The number of amides is 1. The predicted molar refractivity (Wildman–Crippen MR) is 76.8 cm³/mol. The SMILES string of the molecule is Cc1csc(C2CCCN(C(=O)C3CC(F)(F)CN3)C2)n1. The van der Waals surface area contributed by atoms with E-state index in [0.29, 0.717) is 13.1 Å². The standard InChI is InChI=1S/C14H19F2N3OS/c1-9-7-21-12(18-9)10-3-2-4-19(6-10)13(20)11-5-14(15,16)8-17-11/h7,10-11,17H,2-6,8H2,1H3. The summed E-state index contributed by atoms with van der Waals surface area (Å²) in [6.07, 6.45) is 1.52. The van der Waals surface area contributed by atoms with E-state index in [1.807, 2.05) is 12.3 Å². The smallest absolute Gasteiger partial charge is 0.262 e. The Bertz CT molecular complexity index is 534. The molecule has 1 aromatic rings. The number of aryl methyl sites for hydroxylation is 1. The molecule has 0 radical (unpaired) electrons. The normalized spacial score (nSPS) is 28.8. The summed E-state index contributed by atoms with van der Waals surface area (Å²) in [4.78, 5) is 18.6. The van der Waals surface area contributed by atoms with Crippen molar-refractivity contribution in [2.75, 3.05) is 19.6 Å². The zero-order chi connectivity index (χ0) is 15.0. The van der Waals surface area contributed by atoms with Crippen LogP contribution in [0.2, 0.25) is 0 Å². The van der Waals surface area contributed by atoms with Crippen LogP contribution in [0.3, 0.4) is 0 Å². The predicted octanol–water partition coefficient (Wildman–Crippen LogP) is 2.15. The molecule has 7 heteroatoms. The molecule has 116 valence electrons. The van der Waals surface area contributed by atoms with Gasteiger partial charge in [-0.15, -0.1) is 11.3 Å². The highest BCUT2D eigenvalue weighted by Crippen LogP contribution is 2.31. The molecule has 4 nitrogen and oxygen atoms in total. The van der Waals surface area contributed by atoms with Gasteiger partial charge in [0.05, 0.1) is 17.6 Å². The molecule has 2 atom stereocenters. The molecule has 0 spiro atoms. The van der Waals surface area contributed by atoms with Crippen LogP contribution in [0.25, 0.3) is 0 Å². The fourth-order valence-corrected chi connectivity index (χ4v) is 3.97. The van der Waals surface area contributed by atoms with Crippen LogP contribution in [0.5, 0.6) is 0 Å². The highest BCUT2D eigenvalue weighted by molar-refractivity contribution is 7.09. The Kier molecular flexibility index (Phi) is 3.96. The average Bonchev–Trinajstić information content (AvgIpc) is 3.04. The van der Waals surface area contributed by atoms with Crippen molar-refractivity contribution in [2.45, 2.75) is 44.1 Å². The molecule has 0 saturated carbocycles. The van der Waals surface area contributed by atoms with Crippen LogP contribution < -0.4 is 5.32 Å². The number of halogens is 2. The number of carbonyl (C=O) groups is 1. The maximum Gasteiger partial charge on any atom is 0.262 e. The van der Waals surface area contributed by atoms with E-state index in [4.69, 9.17) is 0 Å². The number of aromatic nitrogens is 1. The van der Waals surface area contributed by atoms with Crippen molar-refractivity contribution in [3.05, 3.63) is 16.1 Å². The van der Waals surface area contributed by atoms with Gasteiger partial charge in [0.25, 0.3) is 5.92 Å². The van der Waals surface area contributed by atoms with Crippen molar-refractivity contribution in [1.82, 2.24) is 15.2 Å². The number of likely N-dealkylation sites (tertiary alicyclic amines) is 1. The number of nitrogens with zero attached hydrogens (tertiary/aromatic N) is 2. The number of hydrogen-bond acceptors (Lipinski definition) is 4. The second kappa shape index (κ2) is 5.61. The fraction of sp³-hybridized carbons (Fsp3) is 0.714. The summed E-state index contributed by atoms with van der Waals surface area (Å²) in [7, 11) is 0. The summed E-state index contributed by atoms with van der Waals surface area (Å²) in [5, 5.41) is 5.71. The lowest BCUT2D eigenvalue weighted by atomic mass is 9.98. The van der Waals surface area contributed by atoms with Gasteiger partial charge in [0.15, 0.2) is 0 Å². The van der Waals surface area contributed by atoms with Gasteiger partial charge < -0.3 is 4.90 Å². The van der Waals surface area contributed by atoms with E-state index in [1.165, 1.54) is 0 Å². The number of rotatable bonds is 2. The summed E-state index contributed by atoms with van der Waals surface area (Å²) in [6, 6.07) is -0.739. The van der Waals surface area contributed by atoms with E-state index in [9.17, 15) is 13.6 Å². The van der Waals surface area contributed by atoms with Crippen molar-refractivity contribution in [3.8, 4) is 0 Å². The van der Waals surface area contributed by atoms with Crippen LogP contribution in [0.1, 0.15) is 35.9 Å². The van der Waals surface area contributed by atoms with Crippen LogP contribution >= 0.6 is 11.3 Å². The monoisotopic (exact) mass is 315 g/mol. The molecule has 1 N–H and O–H groups in total. The van der Waals surface area contributed by atoms with Crippen LogP contribution in [0.4, 0.5) is 8.78 Å². The highest BCUT2D eigenvalue weighted by atomic mass is 32.1. The summed E-state index contributed by atoms with van der Waals surface area (Å²) in [5.74, 6) is -2.71. The fourth-order valence-electron chi connectivity index (χ4n) is 3.05. The Labute approximate surface area is 126 Å². The number of carbonyl (C=O) groups excluding carboxylic acids is 1. The van der Waals surface area contributed by atoms with E-state index in [2.05, 4.69) is 10.3 Å². The highest BCUT2D eigenvalue weighted by Gasteiger charge is 2.44. The lowest BCUT2D eigenvalue weighted by Gasteiger charge is -2.33. The van der Waals surface area contributed by atoms with Gasteiger partial charge in [0, 0.05) is 36.5 Å². The minimum Gasteiger partial charge on any atom is -0.341 e. The molecule has 0 aliphatic carbocycles. The molecule has 21 heavy (non-hydrogen) atoms. The van der Waals surface area contributed by atoms with Gasteiger partial charge in [-0.1, -0.05) is 0 Å². The lowest BCUT2D eigenvalue weighted by Crippen LogP contribution is -2.47. The molecule has 2 unspecified atom stereocenters. The topological polar surface area (TPSA) is 45.2 Å². The lowest BCUT2D eigenvalue weighted by molar-refractivity contribution is -0.134. The largest absolute Gasteiger partial charge is 0.341 e. The van der Waals surface area contributed by atoms with E-state index in [1.54, 1.807) is 16.2 Å². The third kappa shape index (κ3) is 3.23. The Morgan fingerprint density at radius 3 is 3.00 bits per heavy atom. The van der Waals surface area contributed by atoms with Crippen molar-refractivity contribution in [1.29, 1.82) is 0 Å². The molecule has 2 aliphatic rings. The van der Waals surface area contributed by atoms with Crippen LogP contribution in [0, 0.1) is 6.92 Å². The summed E-state index contributed by atoms with van der Waals surface area (Å²) in [5.41, 5.74) is 0.996. The number of alkyl halides is 2. The minimum atomic E-state index is -2.76. The first-order valence-electron chi connectivity index (χ1n) is 7.27. The number of nitrogens with one attached hydrogen (secondary N) is 1. The van der Waals surface area contributed by atoms with Gasteiger partial charge in [-0.2, -0.15) is 0 Å². The van der Waals surface area contributed by atoms with Crippen LogP contribution in [0.15, 0.2) is 5.38 Å². The third-order valence-electron chi connectivity index (χ3n) is 4.13. The molecule has 2 fully saturated rings. The maximum absolute atomic E-state index is 13.2. The van der Waals surface area contributed by atoms with Crippen molar-refractivity contribution in [3.63, 3.8) is 0 Å². The van der Waals surface area contributed by atoms with E-state index in [0.717, 1.165) is 23.5 Å². The van der Waals surface area contributed by atoms with E-state index < -0.39 is 18.5 Å². The zero-order valence-electron chi connectivity index (χ0n) is 11.9. The van der Waals surface area contributed by atoms with Crippen molar-refractivity contribution in [2.24, 2.45) is 0 Å². The molecule has 2 aliphatic heterocycles. The number of hydrogen-bond donors (Lipinski definition) is 1. The number of thiazole rings is 1. The van der Waals surface area contributed by atoms with Gasteiger partial charge in [-0.3, -0.25) is 10.1 Å².